The minimum absolute atomic E-state index is 0.137. The van der Waals surface area contributed by atoms with Gasteiger partial charge in [0.25, 0.3) is 5.56 Å². The second-order valence-electron chi connectivity index (χ2n) is 5.26. The molecule has 0 radical (unpaired) electrons. The Morgan fingerprint density at radius 3 is 2.74 bits per heavy atom. The number of thioether (sulfide) groups is 1. The van der Waals surface area contributed by atoms with E-state index in [1.165, 1.54) is 11.8 Å². The van der Waals surface area contributed by atoms with Crippen molar-refractivity contribution < 1.29 is 4.79 Å². The standard InChI is InChI=1S/C16H20N4O2S/c1-5-12-8-6-7-9(2)13(12)17-15(22)11(4)23-16-18-14(21)10(3)19-20-16/h6-8,11H,5H2,1-4H3,(H,17,22)(H,18,20,21)/t11-/m0/s1. The highest BCUT2D eigenvalue weighted by Gasteiger charge is 2.18. The maximum absolute atomic E-state index is 12.4. The zero-order valence-corrected chi connectivity index (χ0v) is 14.5. The third-order valence-electron chi connectivity index (χ3n) is 3.49. The van der Waals surface area contributed by atoms with E-state index < -0.39 is 5.25 Å². The molecule has 1 aromatic carbocycles. The van der Waals surface area contributed by atoms with E-state index in [0.29, 0.717) is 10.9 Å². The molecule has 2 rings (SSSR count). The number of aromatic amines is 1. The molecule has 2 N–H and O–H groups in total. The lowest BCUT2D eigenvalue weighted by molar-refractivity contribution is -0.115. The number of carbonyl (C=O) groups excluding carboxylic acids is 1. The van der Waals surface area contributed by atoms with Crippen LogP contribution in [0.25, 0.3) is 0 Å². The molecular formula is C16H20N4O2S. The van der Waals surface area contributed by atoms with Crippen molar-refractivity contribution in [3.05, 3.63) is 45.4 Å². The second-order valence-corrected chi connectivity index (χ2v) is 6.59. The van der Waals surface area contributed by atoms with Gasteiger partial charge in [-0.05, 0) is 38.3 Å². The number of H-pyrrole nitrogens is 1. The molecule has 0 unspecified atom stereocenters. The van der Waals surface area contributed by atoms with Gasteiger partial charge >= 0.3 is 0 Å². The van der Waals surface area contributed by atoms with Crippen molar-refractivity contribution in [2.45, 2.75) is 44.5 Å². The second kappa shape index (κ2) is 7.41. The average molecular weight is 332 g/mol. The van der Waals surface area contributed by atoms with Gasteiger partial charge < -0.3 is 5.32 Å². The van der Waals surface area contributed by atoms with Crippen LogP contribution < -0.4 is 10.9 Å². The zero-order valence-electron chi connectivity index (χ0n) is 13.6. The smallest absolute Gasteiger partial charge is 0.273 e. The first kappa shape index (κ1) is 17.2. The van der Waals surface area contributed by atoms with Crippen LogP contribution in [0.3, 0.4) is 0 Å². The lowest BCUT2D eigenvalue weighted by Gasteiger charge is -2.15. The normalized spacial score (nSPS) is 12.0. The molecular weight excluding hydrogens is 312 g/mol. The molecule has 0 saturated carbocycles. The Balaban J connectivity index is 2.11. The Morgan fingerprint density at radius 1 is 1.35 bits per heavy atom. The maximum atomic E-state index is 12.4. The summed E-state index contributed by atoms with van der Waals surface area (Å²) in [6.45, 7) is 7.37. The van der Waals surface area contributed by atoms with Gasteiger partial charge in [0, 0.05) is 5.69 Å². The SMILES string of the molecule is CCc1cccc(C)c1NC(=O)[C@H](C)Sc1nnc(C)c(=O)[nH]1. The summed E-state index contributed by atoms with van der Waals surface area (Å²) in [7, 11) is 0. The molecule has 1 amide bonds. The minimum atomic E-state index is -0.410. The summed E-state index contributed by atoms with van der Waals surface area (Å²) in [6, 6.07) is 5.95. The number of aryl methyl sites for hydroxylation is 3. The first-order valence-corrected chi connectivity index (χ1v) is 8.30. The number of nitrogens with one attached hydrogen (secondary N) is 2. The number of para-hydroxylation sites is 1. The third-order valence-corrected chi connectivity index (χ3v) is 4.46. The van der Waals surface area contributed by atoms with Crippen molar-refractivity contribution in [1.29, 1.82) is 0 Å². The molecule has 0 spiro atoms. The Bertz CT molecular complexity index is 773. The van der Waals surface area contributed by atoms with Crippen molar-refractivity contribution in [3.8, 4) is 0 Å². The summed E-state index contributed by atoms with van der Waals surface area (Å²) >= 11 is 1.17. The van der Waals surface area contributed by atoms with E-state index >= 15 is 0 Å². The summed E-state index contributed by atoms with van der Waals surface area (Å²) in [4.78, 5) is 26.6. The van der Waals surface area contributed by atoms with Crippen molar-refractivity contribution in [3.63, 3.8) is 0 Å². The van der Waals surface area contributed by atoms with Crippen LogP contribution in [0.15, 0.2) is 28.2 Å². The molecule has 122 valence electrons. The van der Waals surface area contributed by atoms with Gasteiger partial charge in [0.05, 0.1) is 5.25 Å². The van der Waals surface area contributed by atoms with Crippen LogP contribution in [0.4, 0.5) is 5.69 Å². The molecule has 0 fully saturated rings. The minimum Gasteiger partial charge on any atom is -0.325 e. The number of rotatable bonds is 5. The molecule has 1 atom stereocenters. The van der Waals surface area contributed by atoms with E-state index in [1.54, 1.807) is 13.8 Å². The fraction of sp³-hybridized carbons (Fsp3) is 0.375. The number of carbonyl (C=O) groups is 1. The van der Waals surface area contributed by atoms with E-state index in [0.717, 1.165) is 23.2 Å². The molecule has 1 heterocycles. The molecule has 0 saturated heterocycles. The summed E-state index contributed by atoms with van der Waals surface area (Å²) in [5, 5.41) is 10.6. The van der Waals surface area contributed by atoms with Crippen molar-refractivity contribution >= 4 is 23.4 Å². The van der Waals surface area contributed by atoms with Gasteiger partial charge in [-0.2, -0.15) is 0 Å². The number of hydrogen-bond donors (Lipinski definition) is 2. The van der Waals surface area contributed by atoms with Gasteiger partial charge in [-0.3, -0.25) is 14.6 Å². The van der Waals surface area contributed by atoms with Gasteiger partial charge in [-0.15, -0.1) is 10.2 Å². The molecule has 7 heteroatoms. The number of hydrogen-bond acceptors (Lipinski definition) is 5. The highest BCUT2D eigenvalue weighted by Crippen LogP contribution is 2.24. The quantitative estimate of drug-likeness (QED) is 0.821. The summed E-state index contributed by atoms with van der Waals surface area (Å²) < 4.78 is 0. The van der Waals surface area contributed by atoms with Crippen molar-refractivity contribution in [2.24, 2.45) is 0 Å². The molecule has 0 bridgehead atoms. The monoisotopic (exact) mass is 332 g/mol. The van der Waals surface area contributed by atoms with Crippen LogP contribution in [0.1, 0.15) is 30.7 Å². The Labute approximate surface area is 139 Å². The largest absolute Gasteiger partial charge is 0.325 e. The van der Waals surface area contributed by atoms with E-state index in [-0.39, 0.29) is 11.5 Å². The van der Waals surface area contributed by atoms with Crippen LogP contribution in [0, 0.1) is 13.8 Å². The van der Waals surface area contributed by atoms with Crippen LogP contribution in [0.2, 0.25) is 0 Å². The van der Waals surface area contributed by atoms with E-state index in [4.69, 9.17) is 0 Å². The Hall–Kier alpha value is -2.15. The number of aromatic nitrogens is 3. The predicted molar refractivity (Wildman–Crippen MR) is 91.9 cm³/mol. The highest BCUT2D eigenvalue weighted by molar-refractivity contribution is 8.00. The fourth-order valence-electron chi connectivity index (χ4n) is 2.08. The molecule has 2 aromatic rings. The third kappa shape index (κ3) is 4.19. The summed E-state index contributed by atoms with van der Waals surface area (Å²) in [5.41, 5.74) is 3.00. The van der Waals surface area contributed by atoms with E-state index in [9.17, 15) is 9.59 Å². The summed E-state index contributed by atoms with van der Waals surface area (Å²) in [5.74, 6) is -0.137. The first-order chi connectivity index (χ1) is 10.9. The molecule has 0 aliphatic carbocycles. The fourth-order valence-corrected chi connectivity index (χ4v) is 2.82. The Kier molecular flexibility index (Phi) is 5.54. The highest BCUT2D eigenvalue weighted by atomic mass is 32.2. The van der Waals surface area contributed by atoms with Gasteiger partial charge in [-0.25, -0.2) is 0 Å². The predicted octanol–water partition coefficient (Wildman–Crippen LogP) is 2.46. The van der Waals surface area contributed by atoms with Gasteiger partial charge in [-0.1, -0.05) is 36.9 Å². The van der Waals surface area contributed by atoms with Crippen LogP contribution in [-0.2, 0) is 11.2 Å². The van der Waals surface area contributed by atoms with Crippen LogP contribution in [-0.4, -0.2) is 26.3 Å². The number of benzene rings is 1. The number of anilines is 1. The molecule has 0 aliphatic heterocycles. The van der Waals surface area contributed by atoms with Crippen LogP contribution >= 0.6 is 11.8 Å². The van der Waals surface area contributed by atoms with Gasteiger partial charge in [0.2, 0.25) is 5.91 Å². The van der Waals surface area contributed by atoms with E-state index in [1.807, 2.05) is 25.1 Å². The number of nitrogens with zero attached hydrogens (tertiary/aromatic N) is 2. The molecule has 1 aromatic heterocycles. The average Bonchev–Trinajstić information content (AvgIpc) is 2.52. The zero-order chi connectivity index (χ0) is 17.0. The van der Waals surface area contributed by atoms with Crippen molar-refractivity contribution in [1.82, 2.24) is 15.2 Å². The topological polar surface area (TPSA) is 87.7 Å². The summed E-state index contributed by atoms with van der Waals surface area (Å²) in [6.07, 6.45) is 0.843. The van der Waals surface area contributed by atoms with Crippen LogP contribution in [0.5, 0.6) is 0 Å². The molecule has 6 nitrogen and oxygen atoms in total. The van der Waals surface area contributed by atoms with Crippen molar-refractivity contribution in [2.75, 3.05) is 5.32 Å². The Morgan fingerprint density at radius 2 is 2.09 bits per heavy atom. The number of amides is 1. The lowest BCUT2D eigenvalue weighted by atomic mass is 10.1. The molecule has 23 heavy (non-hydrogen) atoms. The maximum Gasteiger partial charge on any atom is 0.273 e. The van der Waals surface area contributed by atoms with Gasteiger partial charge in [0.15, 0.2) is 5.16 Å². The molecule has 0 aliphatic rings. The van der Waals surface area contributed by atoms with Gasteiger partial charge in [0.1, 0.15) is 5.69 Å². The first-order valence-electron chi connectivity index (χ1n) is 7.42. The lowest BCUT2D eigenvalue weighted by Crippen LogP contribution is -2.24. The van der Waals surface area contributed by atoms with E-state index in [2.05, 4.69) is 27.4 Å².